The summed E-state index contributed by atoms with van der Waals surface area (Å²) in [4.78, 5) is 28.7. The molecule has 1 saturated carbocycles. The van der Waals surface area contributed by atoms with E-state index in [4.69, 9.17) is 0 Å². The van der Waals surface area contributed by atoms with Crippen molar-refractivity contribution in [2.45, 2.75) is 433 Å². The first-order valence-electron chi connectivity index (χ1n) is 42.6. The van der Waals surface area contributed by atoms with Gasteiger partial charge in [-0.1, -0.05) is 62.3 Å². The van der Waals surface area contributed by atoms with E-state index < -0.39 is 5.60 Å². The van der Waals surface area contributed by atoms with Crippen LogP contribution in [0, 0.1) is 39.9 Å². The van der Waals surface area contributed by atoms with E-state index in [2.05, 4.69) is 345 Å². The maximum atomic E-state index is 10.6. The average molecular weight is 1440 g/mol. The number of piperazine rings is 2. The zero-order chi connectivity index (χ0) is 79.2. The van der Waals surface area contributed by atoms with E-state index in [9.17, 15) is 5.11 Å². The molecule has 1 N–H and O–H groups in total. The Morgan fingerprint density at radius 1 is 0.324 bits per heavy atom. The molecule has 11 aliphatic rings. The number of likely N-dealkylation sites (N-methyl/N-ethyl adjacent to an activating group) is 1. The number of piperidine rings is 5. The molecular weight excluding hydrogens is 1250 g/mol. The molecular formula is C90H187N11O. The molecule has 11 fully saturated rings. The third-order valence-corrected chi connectivity index (χ3v) is 26.4. The Hall–Kier alpha value is -0.480. The molecule has 11 rings (SSSR count). The molecule has 9 unspecified atom stereocenters. The van der Waals surface area contributed by atoms with Crippen LogP contribution in [-0.2, 0) is 0 Å². The van der Waals surface area contributed by atoms with Crippen LogP contribution in [0.1, 0.15) is 335 Å². The largest absolute Gasteiger partial charge is 0.389 e. The number of fused-ring (bicyclic) bond motifs is 4. The minimum absolute atomic E-state index is 0.00300. The van der Waals surface area contributed by atoms with Crippen LogP contribution in [0.2, 0.25) is 0 Å². The Labute approximate surface area is 640 Å². The van der Waals surface area contributed by atoms with Crippen LogP contribution in [0.15, 0.2) is 0 Å². The SMILES string of the molecule is CC(C)(C)N1CCC(O)(C(C)(C)C)CC1.CC(C)N1C2CC1CN(C(C)(C)C)C2.CC(C)N1CC2CC(C1)C2C(C)(C)C.CC1CC(C(C)(C)C)CCN1C(C)(C)C.CC1CCN(C(C)(C)C)CCN1C.CC1CCN(C(C)(C)C)CCN1C(C)(C)C.CC1CN(C(C)(C)C)CCN1C(C)(C)C. The monoisotopic (exact) mass is 1440 g/mol. The first kappa shape index (κ1) is 95.7. The van der Waals surface area contributed by atoms with E-state index in [0.29, 0.717) is 61.7 Å². The van der Waals surface area contributed by atoms with Crippen LogP contribution in [0.25, 0.3) is 0 Å². The summed E-state index contributed by atoms with van der Waals surface area (Å²) in [7, 11) is 2.23. The van der Waals surface area contributed by atoms with Crippen LogP contribution in [-0.4, -0.2) is 269 Å². The highest BCUT2D eigenvalue weighted by Gasteiger charge is 2.52. The molecule has 4 bridgehead atoms. The lowest BCUT2D eigenvalue weighted by molar-refractivity contribution is -0.110. The summed E-state index contributed by atoms with van der Waals surface area (Å²) in [6.07, 6.45) is 10.0. The van der Waals surface area contributed by atoms with Crippen LogP contribution in [0.3, 0.4) is 0 Å². The Morgan fingerprint density at radius 3 is 1.04 bits per heavy atom. The first-order valence-corrected chi connectivity index (χ1v) is 42.6. The van der Waals surface area contributed by atoms with E-state index in [0.717, 1.165) is 85.9 Å². The van der Waals surface area contributed by atoms with Crippen molar-refractivity contribution in [3.63, 3.8) is 0 Å². The fourth-order valence-electron chi connectivity index (χ4n) is 19.2. The fourth-order valence-corrected chi connectivity index (χ4v) is 19.2. The van der Waals surface area contributed by atoms with Crippen LogP contribution >= 0.6 is 0 Å². The van der Waals surface area contributed by atoms with E-state index >= 15 is 0 Å². The summed E-state index contributed by atoms with van der Waals surface area (Å²) in [6, 6.07) is 6.02. The third kappa shape index (κ3) is 29.0. The summed E-state index contributed by atoms with van der Waals surface area (Å²) in [5.41, 5.74) is 3.05. The molecule has 10 heterocycles. The number of hydrogen-bond donors (Lipinski definition) is 1. The van der Waals surface area contributed by atoms with Gasteiger partial charge in [0, 0.05) is 191 Å². The van der Waals surface area contributed by atoms with Gasteiger partial charge < -0.3 is 14.9 Å². The maximum absolute atomic E-state index is 10.6. The normalized spacial score (nSPS) is 30.0. The second kappa shape index (κ2) is 36.8. The Kier molecular flexibility index (Phi) is 34.5. The fraction of sp³-hybridized carbons (Fsp3) is 1.00. The molecule has 1 aliphatic carbocycles. The van der Waals surface area contributed by atoms with Gasteiger partial charge in [0.2, 0.25) is 0 Å². The van der Waals surface area contributed by atoms with E-state index in [1.54, 1.807) is 0 Å². The van der Waals surface area contributed by atoms with Crippen LogP contribution in [0.5, 0.6) is 0 Å². The van der Waals surface area contributed by atoms with Crippen molar-refractivity contribution in [3.8, 4) is 0 Å². The molecule has 608 valence electrons. The van der Waals surface area contributed by atoms with Crippen molar-refractivity contribution in [2.75, 3.05) is 112 Å². The predicted octanol–water partition coefficient (Wildman–Crippen LogP) is 18.9. The lowest BCUT2D eigenvalue weighted by atomic mass is 9.53. The van der Waals surface area contributed by atoms with E-state index in [1.165, 1.54) is 130 Å². The quantitative estimate of drug-likeness (QED) is 0.287. The molecule has 102 heavy (non-hydrogen) atoms. The minimum atomic E-state index is -0.477. The van der Waals surface area contributed by atoms with Gasteiger partial charge in [0.15, 0.2) is 0 Å². The summed E-state index contributed by atoms with van der Waals surface area (Å²) < 4.78 is 0. The van der Waals surface area contributed by atoms with Gasteiger partial charge in [-0.05, 0) is 326 Å². The standard InChI is InChI=1S/C14H30N2.C14H29N.C13H28N2.C13H27NO.C13H25N.C12H24N2.C11H24N2/c1-12-8-9-15(13(2,3)4)10-11-16(12)14(5,6)7;1-11-10-12(13(2,3)4)8-9-15(11)14(5,6)7;1-11-10-14(12(2,3)4)8-9-15(11)13(5,6)7;1-11(2,3)13(15)7-9-14(10-8-13)12(4,5)6;1-9(2)14-7-10-6-11(8-14)12(10)13(3,4)5;1-9(2)14-10-6-11(14)8-13(7-10)12(3,4)5;1-10-6-7-13(11(2,3)4)9-8-12(10)5/h12H,8-11H2,1-7H3;11-12H,8-10H2,1-7H3;11H,8-10H2,1-7H3;15H,7-10H2,1-6H3;9-12H,6-8H2,1-5H3;9-11H,6-8H2,1-5H3;10H,6-9H2,1-5H3. The Bertz CT molecular complexity index is 2290. The molecule has 12 heteroatoms. The topological polar surface area (TPSA) is 55.9 Å². The van der Waals surface area contributed by atoms with Gasteiger partial charge in [0.1, 0.15) is 0 Å². The Morgan fingerprint density at radius 2 is 0.696 bits per heavy atom. The highest BCUT2D eigenvalue weighted by atomic mass is 16.3. The van der Waals surface area contributed by atoms with Crippen LogP contribution < -0.4 is 0 Å². The smallest absolute Gasteiger partial charge is 0.0720 e. The van der Waals surface area contributed by atoms with E-state index in [-0.39, 0.29) is 11.0 Å². The molecule has 12 nitrogen and oxygen atoms in total. The maximum Gasteiger partial charge on any atom is 0.0720 e. The molecule has 0 amide bonds. The molecule has 10 saturated heterocycles. The zero-order valence-electron chi connectivity index (χ0n) is 77.3. The number of nitrogens with zero attached hydrogens (tertiary/aromatic N) is 11. The van der Waals surface area contributed by atoms with Crippen LogP contribution in [0.4, 0.5) is 0 Å². The van der Waals surface area contributed by atoms with Gasteiger partial charge in [-0.25, -0.2) is 0 Å². The molecule has 0 aromatic rings. The number of hydrogen-bond acceptors (Lipinski definition) is 12. The lowest BCUT2D eigenvalue weighted by Crippen LogP contribution is -2.72. The molecule has 10 aliphatic heterocycles. The van der Waals surface area contributed by atoms with Crippen molar-refractivity contribution in [2.24, 2.45) is 39.9 Å². The minimum Gasteiger partial charge on any atom is -0.389 e. The molecule has 9 atom stereocenters. The van der Waals surface area contributed by atoms with Crippen molar-refractivity contribution < 1.29 is 5.11 Å². The summed E-state index contributed by atoms with van der Waals surface area (Å²) >= 11 is 0. The first-order chi connectivity index (χ1) is 45.6. The van der Waals surface area contributed by atoms with Crippen molar-refractivity contribution >= 4 is 0 Å². The molecule has 0 spiro atoms. The van der Waals surface area contributed by atoms with Crippen molar-refractivity contribution in [3.05, 3.63) is 0 Å². The number of aliphatic hydroxyl groups is 1. The average Bonchev–Trinajstić information content (AvgIpc) is 0.874. The second-order valence-corrected chi connectivity index (χ2v) is 46.4. The van der Waals surface area contributed by atoms with Gasteiger partial charge >= 0.3 is 0 Å². The summed E-state index contributed by atoms with van der Waals surface area (Å²) in [6.45, 7) is 115. The van der Waals surface area contributed by atoms with Gasteiger partial charge in [-0.3, -0.25) is 44.1 Å². The zero-order valence-corrected chi connectivity index (χ0v) is 77.3. The molecule has 0 aromatic carbocycles. The highest BCUT2D eigenvalue weighted by Crippen LogP contribution is 2.54. The van der Waals surface area contributed by atoms with Gasteiger partial charge in [0.05, 0.1) is 5.60 Å². The summed E-state index contributed by atoms with van der Waals surface area (Å²) in [5, 5.41) is 10.6. The second-order valence-electron chi connectivity index (χ2n) is 46.4. The molecule has 0 aromatic heterocycles. The van der Waals surface area contributed by atoms with Crippen molar-refractivity contribution in [1.82, 2.24) is 53.9 Å². The third-order valence-electron chi connectivity index (χ3n) is 26.4. The van der Waals surface area contributed by atoms with Crippen molar-refractivity contribution in [1.29, 1.82) is 0 Å². The summed E-state index contributed by atoms with van der Waals surface area (Å²) in [5.74, 6) is 3.89. The van der Waals surface area contributed by atoms with Gasteiger partial charge in [0.25, 0.3) is 0 Å². The number of likely N-dealkylation sites (tertiary alicyclic amines) is 2. The lowest BCUT2D eigenvalue weighted by Gasteiger charge is -2.60. The molecule has 0 radical (unpaired) electrons. The number of rotatable bonds is 2. The Balaban J connectivity index is 0.000000309. The van der Waals surface area contributed by atoms with Gasteiger partial charge in [-0.15, -0.1) is 0 Å². The predicted molar refractivity (Wildman–Crippen MR) is 452 cm³/mol. The highest BCUT2D eigenvalue weighted by molar-refractivity contribution is 5.05. The van der Waals surface area contributed by atoms with E-state index in [1.807, 2.05) is 0 Å². The van der Waals surface area contributed by atoms with Gasteiger partial charge in [-0.2, -0.15) is 0 Å².